The fraction of sp³-hybridized carbons (Fsp3) is 0.917. The van der Waals surface area contributed by atoms with Crippen molar-refractivity contribution in [1.29, 1.82) is 0 Å². The summed E-state index contributed by atoms with van der Waals surface area (Å²) < 4.78 is 5.12. The zero-order valence-electron chi connectivity index (χ0n) is 11.4. The molecule has 1 saturated heterocycles. The molecular formula is C12H25N3O2. The molecule has 0 aromatic carbocycles. The molecule has 0 aromatic rings. The van der Waals surface area contributed by atoms with Crippen LogP contribution in [0.1, 0.15) is 13.8 Å². The highest BCUT2D eigenvalue weighted by Crippen LogP contribution is 2.07. The Balaban J connectivity index is 2.49. The van der Waals surface area contributed by atoms with Crippen LogP contribution >= 0.6 is 0 Å². The first kappa shape index (κ1) is 14.4. The van der Waals surface area contributed by atoms with Crippen LogP contribution in [0.3, 0.4) is 0 Å². The molecule has 0 bridgehead atoms. The van der Waals surface area contributed by atoms with Gasteiger partial charge in [-0.1, -0.05) is 0 Å². The van der Waals surface area contributed by atoms with Crippen LogP contribution in [-0.4, -0.2) is 74.7 Å². The van der Waals surface area contributed by atoms with Crippen molar-refractivity contribution in [3.63, 3.8) is 0 Å². The van der Waals surface area contributed by atoms with E-state index in [2.05, 4.69) is 17.1 Å². The topological polar surface area (TPSA) is 44.8 Å². The number of carbonyl (C=O) groups excluding carboxylic acids is 1. The van der Waals surface area contributed by atoms with Crippen molar-refractivity contribution in [3.05, 3.63) is 0 Å². The molecule has 1 N–H and O–H groups in total. The maximum atomic E-state index is 12.3. The van der Waals surface area contributed by atoms with Crippen molar-refractivity contribution < 1.29 is 9.53 Å². The Morgan fingerprint density at radius 1 is 1.41 bits per heavy atom. The van der Waals surface area contributed by atoms with Gasteiger partial charge in [0.05, 0.1) is 12.6 Å². The Kier molecular flexibility index (Phi) is 5.88. The lowest BCUT2D eigenvalue weighted by atomic mass is 10.2. The van der Waals surface area contributed by atoms with Crippen molar-refractivity contribution in [2.24, 2.45) is 0 Å². The van der Waals surface area contributed by atoms with Gasteiger partial charge in [-0.15, -0.1) is 0 Å². The maximum Gasteiger partial charge on any atom is 0.239 e. The van der Waals surface area contributed by atoms with E-state index in [1.54, 1.807) is 7.11 Å². The summed E-state index contributed by atoms with van der Waals surface area (Å²) in [5.74, 6) is 0.219. The van der Waals surface area contributed by atoms with Crippen molar-refractivity contribution in [1.82, 2.24) is 15.1 Å². The predicted molar refractivity (Wildman–Crippen MR) is 68.0 cm³/mol. The van der Waals surface area contributed by atoms with Crippen LogP contribution in [0, 0.1) is 0 Å². The molecule has 1 amide bonds. The van der Waals surface area contributed by atoms with Crippen LogP contribution in [0.4, 0.5) is 0 Å². The first-order chi connectivity index (χ1) is 8.07. The molecule has 1 heterocycles. The van der Waals surface area contributed by atoms with Crippen LogP contribution in [-0.2, 0) is 9.53 Å². The molecule has 5 heteroatoms. The number of nitrogens with zero attached hydrogens (tertiary/aromatic N) is 2. The zero-order valence-corrected chi connectivity index (χ0v) is 11.4. The van der Waals surface area contributed by atoms with E-state index < -0.39 is 0 Å². The normalized spacial score (nSPS) is 20.4. The van der Waals surface area contributed by atoms with Gasteiger partial charge in [0, 0.05) is 39.3 Å². The summed E-state index contributed by atoms with van der Waals surface area (Å²) in [5, 5.41) is 3.25. The number of carbonyl (C=O) groups is 1. The highest BCUT2D eigenvalue weighted by Gasteiger charge is 2.27. The summed E-state index contributed by atoms with van der Waals surface area (Å²) in [6.45, 7) is 8.12. The minimum absolute atomic E-state index is 0.0850. The minimum Gasteiger partial charge on any atom is -0.383 e. The molecule has 100 valence electrons. The number of rotatable bonds is 5. The van der Waals surface area contributed by atoms with Crippen molar-refractivity contribution in [2.75, 3.05) is 46.9 Å². The van der Waals surface area contributed by atoms with Gasteiger partial charge in [-0.3, -0.25) is 9.69 Å². The maximum absolute atomic E-state index is 12.3. The van der Waals surface area contributed by atoms with E-state index in [1.165, 1.54) is 0 Å². The minimum atomic E-state index is -0.0850. The SMILES string of the molecule is COCC(C)N(C)C(C)C(=O)N1CCNCC1. The molecule has 2 unspecified atom stereocenters. The number of likely N-dealkylation sites (N-methyl/N-ethyl adjacent to an activating group) is 1. The Bertz CT molecular complexity index is 242. The molecule has 17 heavy (non-hydrogen) atoms. The molecule has 1 rings (SSSR count). The summed E-state index contributed by atoms with van der Waals surface area (Å²) in [4.78, 5) is 16.3. The predicted octanol–water partition coefficient (Wildman–Crippen LogP) is -0.227. The third-order valence-electron chi connectivity index (χ3n) is 3.50. The van der Waals surface area contributed by atoms with Crippen molar-refractivity contribution >= 4 is 5.91 Å². The molecule has 0 aromatic heterocycles. The van der Waals surface area contributed by atoms with Gasteiger partial charge in [0.25, 0.3) is 0 Å². The first-order valence-corrected chi connectivity index (χ1v) is 6.28. The number of methoxy groups -OCH3 is 1. The van der Waals surface area contributed by atoms with E-state index in [4.69, 9.17) is 4.74 Å². The van der Waals surface area contributed by atoms with E-state index in [0.717, 1.165) is 26.2 Å². The molecule has 2 atom stereocenters. The molecule has 1 fully saturated rings. The summed E-state index contributed by atoms with van der Waals surface area (Å²) in [7, 11) is 3.67. The lowest BCUT2D eigenvalue weighted by Gasteiger charge is -2.35. The summed E-state index contributed by atoms with van der Waals surface area (Å²) in [6, 6.07) is 0.167. The smallest absolute Gasteiger partial charge is 0.239 e. The zero-order chi connectivity index (χ0) is 12.8. The number of hydrogen-bond acceptors (Lipinski definition) is 4. The monoisotopic (exact) mass is 243 g/mol. The second-order valence-electron chi connectivity index (χ2n) is 4.72. The molecule has 0 aliphatic carbocycles. The molecule has 0 spiro atoms. The average molecular weight is 243 g/mol. The fourth-order valence-electron chi connectivity index (χ4n) is 2.06. The van der Waals surface area contributed by atoms with E-state index in [1.807, 2.05) is 18.9 Å². The van der Waals surface area contributed by atoms with E-state index in [0.29, 0.717) is 6.61 Å². The van der Waals surface area contributed by atoms with E-state index in [-0.39, 0.29) is 18.0 Å². The van der Waals surface area contributed by atoms with Gasteiger partial charge in [-0.05, 0) is 20.9 Å². The highest BCUT2D eigenvalue weighted by molar-refractivity contribution is 5.81. The van der Waals surface area contributed by atoms with Gasteiger partial charge in [0.15, 0.2) is 0 Å². The Labute approximate surface area is 104 Å². The van der Waals surface area contributed by atoms with E-state index >= 15 is 0 Å². The molecule has 0 radical (unpaired) electrons. The molecular weight excluding hydrogens is 218 g/mol. The van der Waals surface area contributed by atoms with Gasteiger partial charge in [-0.2, -0.15) is 0 Å². The average Bonchev–Trinajstić information content (AvgIpc) is 2.37. The van der Waals surface area contributed by atoms with Gasteiger partial charge < -0.3 is 15.0 Å². The third-order valence-corrected chi connectivity index (χ3v) is 3.50. The van der Waals surface area contributed by atoms with Gasteiger partial charge in [-0.25, -0.2) is 0 Å². The Morgan fingerprint density at radius 3 is 2.53 bits per heavy atom. The molecule has 0 saturated carbocycles. The molecule has 1 aliphatic heterocycles. The lowest BCUT2D eigenvalue weighted by molar-refractivity contribution is -0.137. The van der Waals surface area contributed by atoms with Crippen LogP contribution in [0.2, 0.25) is 0 Å². The van der Waals surface area contributed by atoms with Crippen LogP contribution in [0.25, 0.3) is 0 Å². The summed E-state index contributed by atoms with van der Waals surface area (Å²) in [6.07, 6.45) is 0. The van der Waals surface area contributed by atoms with Crippen molar-refractivity contribution in [2.45, 2.75) is 25.9 Å². The van der Waals surface area contributed by atoms with Crippen molar-refractivity contribution in [3.8, 4) is 0 Å². The second-order valence-corrected chi connectivity index (χ2v) is 4.72. The second kappa shape index (κ2) is 6.93. The standard InChI is InChI=1S/C12H25N3O2/c1-10(9-17-4)14(3)11(2)12(16)15-7-5-13-6-8-15/h10-11,13H,5-9H2,1-4H3. The Morgan fingerprint density at radius 2 is 2.00 bits per heavy atom. The van der Waals surface area contributed by atoms with Crippen LogP contribution in [0.15, 0.2) is 0 Å². The van der Waals surface area contributed by atoms with Crippen LogP contribution in [0.5, 0.6) is 0 Å². The number of ether oxygens (including phenoxy) is 1. The molecule has 5 nitrogen and oxygen atoms in total. The Hall–Kier alpha value is -0.650. The molecule has 1 aliphatic rings. The van der Waals surface area contributed by atoms with E-state index in [9.17, 15) is 4.79 Å². The quantitative estimate of drug-likeness (QED) is 0.725. The third kappa shape index (κ3) is 3.94. The fourth-order valence-corrected chi connectivity index (χ4v) is 2.06. The highest BCUT2D eigenvalue weighted by atomic mass is 16.5. The summed E-state index contributed by atoms with van der Waals surface area (Å²) >= 11 is 0. The van der Waals surface area contributed by atoms with Gasteiger partial charge >= 0.3 is 0 Å². The number of nitrogens with one attached hydrogen (secondary N) is 1. The van der Waals surface area contributed by atoms with Gasteiger partial charge in [0.1, 0.15) is 0 Å². The number of hydrogen-bond donors (Lipinski definition) is 1. The first-order valence-electron chi connectivity index (χ1n) is 6.28. The number of piperazine rings is 1. The lowest BCUT2D eigenvalue weighted by Crippen LogP contribution is -2.54. The van der Waals surface area contributed by atoms with Crippen LogP contribution < -0.4 is 5.32 Å². The van der Waals surface area contributed by atoms with Gasteiger partial charge in [0.2, 0.25) is 5.91 Å². The number of amides is 1. The largest absolute Gasteiger partial charge is 0.383 e. The summed E-state index contributed by atoms with van der Waals surface area (Å²) in [5.41, 5.74) is 0.